The van der Waals surface area contributed by atoms with E-state index in [-0.39, 0.29) is 0 Å². The molecule has 0 heteroatoms. The van der Waals surface area contributed by atoms with E-state index >= 15 is 0 Å². The molecule has 0 bridgehead atoms. The van der Waals surface area contributed by atoms with E-state index < -0.39 is 0 Å². The second kappa shape index (κ2) is 6.08. The SMILES string of the molecule is CCc1ccccc1CCC1CCCCC1. The van der Waals surface area contributed by atoms with E-state index in [4.69, 9.17) is 0 Å². The van der Waals surface area contributed by atoms with Crippen LogP contribution in [-0.2, 0) is 12.8 Å². The van der Waals surface area contributed by atoms with Crippen LogP contribution in [0.3, 0.4) is 0 Å². The standard InChI is InChI=1S/C16H24/c1-2-15-10-6-7-11-16(15)13-12-14-8-4-3-5-9-14/h6-7,10-11,14H,2-5,8-9,12-13H2,1H3. The second-order valence-corrected chi connectivity index (χ2v) is 5.16. The van der Waals surface area contributed by atoms with Gasteiger partial charge in [0.1, 0.15) is 0 Å². The Balaban J connectivity index is 1.88. The first-order valence-electron chi connectivity index (χ1n) is 6.97. The van der Waals surface area contributed by atoms with E-state index in [1.54, 1.807) is 11.1 Å². The molecular formula is C16H24. The largest absolute Gasteiger partial charge is 0.0620 e. The molecule has 88 valence electrons. The maximum Gasteiger partial charge on any atom is -0.0274 e. The van der Waals surface area contributed by atoms with Crippen LogP contribution in [0.5, 0.6) is 0 Å². The molecule has 0 amide bonds. The Kier molecular flexibility index (Phi) is 4.44. The number of rotatable bonds is 4. The smallest absolute Gasteiger partial charge is 0.0274 e. The highest BCUT2D eigenvalue weighted by atomic mass is 14.2. The van der Waals surface area contributed by atoms with Gasteiger partial charge in [-0.2, -0.15) is 0 Å². The van der Waals surface area contributed by atoms with Crippen molar-refractivity contribution >= 4 is 0 Å². The monoisotopic (exact) mass is 216 g/mol. The molecule has 1 aromatic carbocycles. The lowest BCUT2D eigenvalue weighted by Gasteiger charge is -2.21. The van der Waals surface area contributed by atoms with Crippen molar-refractivity contribution in [1.82, 2.24) is 0 Å². The summed E-state index contributed by atoms with van der Waals surface area (Å²) < 4.78 is 0. The zero-order valence-electron chi connectivity index (χ0n) is 10.5. The fourth-order valence-corrected chi connectivity index (χ4v) is 2.98. The van der Waals surface area contributed by atoms with Crippen LogP contribution in [0, 0.1) is 5.92 Å². The zero-order chi connectivity index (χ0) is 11.2. The molecule has 0 radical (unpaired) electrons. The molecule has 1 aromatic rings. The lowest BCUT2D eigenvalue weighted by molar-refractivity contribution is 0.339. The average Bonchev–Trinajstić information content (AvgIpc) is 2.38. The van der Waals surface area contributed by atoms with Crippen LogP contribution < -0.4 is 0 Å². The quantitative estimate of drug-likeness (QED) is 0.680. The van der Waals surface area contributed by atoms with Crippen molar-refractivity contribution < 1.29 is 0 Å². The number of aryl methyl sites for hydroxylation is 2. The molecular weight excluding hydrogens is 192 g/mol. The molecule has 0 aromatic heterocycles. The molecule has 0 spiro atoms. The summed E-state index contributed by atoms with van der Waals surface area (Å²) in [6.07, 6.45) is 11.3. The number of benzene rings is 1. The summed E-state index contributed by atoms with van der Waals surface area (Å²) in [5.74, 6) is 1.01. The average molecular weight is 216 g/mol. The van der Waals surface area contributed by atoms with Crippen molar-refractivity contribution in [2.45, 2.75) is 58.3 Å². The van der Waals surface area contributed by atoms with Crippen molar-refractivity contribution in [2.24, 2.45) is 5.92 Å². The van der Waals surface area contributed by atoms with Gasteiger partial charge in [0.05, 0.1) is 0 Å². The van der Waals surface area contributed by atoms with E-state index in [1.165, 1.54) is 51.4 Å². The molecule has 0 unspecified atom stereocenters. The zero-order valence-corrected chi connectivity index (χ0v) is 10.5. The van der Waals surface area contributed by atoms with Gasteiger partial charge < -0.3 is 0 Å². The third kappa shape index (κ3) is 3.10. The summed E-state index contributed by atoms with van der Waals surface area (Å²) in [4.78, 5) is 0. The molecule has 0 aliphatic heterocycles. The van der Waals surface area contributed by atoms with Crippen molar-refractivity contribution in [3.8, 4) is 0 Å². The molecule has 0 N–H and O–H groups in total. The fourth-order valence-electron chi connectivity index (χ4n) is 2.98. The van der Waals surface area contributed by atoms with Gasteiger partial charge >= 0.3 is 0 Å². The molecule has 1 aliphatic rings. The topological polar surface area (TPSA) is 0 Å². The van der Waals surface area contributed by atoms with Crippen molar-refractivity contribution in [3.63, 3.8) is 0 Å². The van der Waals surface area contributed by atoms with Gasteiger partial charge in [-0.15, -0.1) is 0 Å². The third-order valence-electron chi connectivity index (χ3n) is 4.05. The highest BCUT2D eigenvalue weighted by molar-refractivity contribution is 5.27. The first-order valence-corrected chi connectivity index (χ1v) is 6.97. The highest BCUT2D eigenvalue weighted by Crippen LogP contribution is 2.28. The molecule has 0 atom stereocenters. The van der Waals surface area contributed by atoms with Gasteiger partial charge in [-0.1, -0.05) is 63.3 Å². The predicted molar refractivity (Wildman–Crippen MR) is 70.7 cm³/mol. The molecule has 0 heterocycles. The van der Waals surface area contributed by atoms with Crippen LogP contribution in [0.2, 0.25) is 0 Å². The van der Waals surface area contributed by atoms with E-state index in [0.29, 0.717) is 0 Å². The third-order valence-corrected chi connectivity index (χ3v) is 4.05. The maximum atomic E-state index is 2.32. The van der Waals surface area contributed by atoms with Gasteiger partial charge in [-0.3, -0.25) is 0 Å². The lowest BCUT2D eigenvalue weighted by atomic mass is 9.84. The Hall–Kier alpha value is -0.780. The molecule has 0 nitrogen and oxygen atoms in total. The van der Waals surface area contributed by atoms with Crippen molar-refractivity contribution in [2.75, 3.05) is 0 Å². The molecule has 1 fully saturated rings. The van der Waals surface area contributed by atoms with Crippen LogP contribution in [-0.4, -0.2) is 0 Å². The number of hydrogen-bond acceptors (Lipinski definition) is 0. The van der Waals surface area contributed by atoms with E-state index in [0.717, 1.165) is 5.92 Å². The molecule has 1 saturated carbocycles. The van der Waals surface area contributed by atoms with E-state index in [9.17, 15) is 0 Å². The van der Waals surface area contributed by atoms with Crippen LogP contribution >= 0.6 is 0 Å². The minimum atomic E-state index is 1.01. The summed E-state index contributed by atoms with van der Waals surface area (Å²) in [6.45, 7) is 2.26. The van der Waals surface area contributed by atoms with Crippen LogP contribution in [0.1, 0.15) is 56.6 Å². The van der Waals surface area contributed by atoms with E-state index in [2.05, 4.69) is 31.2 Å². The Labute approximate surface area is 100 Å². The predicted octanol–water partition coefficient (Wildman–Crippen LogP) is 4.76. The van der Waals surface area contributed by atoms with Crippen LogP contribution in [0.25, 0.3) is 0 Å². The fraction of sp³-hybridized carbons (Fsp3) is 0.625. The Morgan fingerprint density at radius 3 is 2.38 bits per heavy atom. The van der Waals surface area contributed by atoms with Crippen LogP contribution in [0.4, 0.5) is 0 Å². The normalized spacial score (nSPS) is 17.6. The second-order valence-electron chi connectivity index (χ2n) is 5.16. The Morgan fingerprint density at radius 1 is 1.00 bits per heavy atom. The van der Waals surface area contributed by atoms with Crippen molar-refractivity contribution in [1.29, 1.82) is 0 Å². The Morgan fingerprint density at radius 2 is 1.69 bits per heavy atom. The first-order chi connectivity index (χ1) is 7.90. The molecule has 1 aliphatic carbocycles. The minimum absolute atomic E-state index is 1.01. The van der Waals surface area contributed by atoms with Gasteiger partial charge in [0.25, 0.3) is 0 Å². The molecule has 16 heavy (non-hydrogen) atoms. The summed E-state index contributed by atoms with van der Waals surface area (Å²) in [5.41, 5.74) is 3.15. The van der Waals surface area contributed by atoms with Gasteiger partial charge in [-0.05, 0) is 36.3 Å². The minimum Gasteiger partial charge on any atom is -0.0620 e. The van der Waals surface area contributed by atoms with Gasteiger partial charge in [0.2, 0.25) is 0 Å². The van der Waals surface area contributed by atoms with Crippen LogP contribution in [0.15, 0.2) is 24.3 Å². The maximum absolute atomic E-state index is 2.32. The summed E-state index contributed by atoms with van der Waals surface area (Å²) >= 11 is 0. The molecule has 2 rings (SSSR count). The lowest BCUT2D eigenvalue weighted by Crippen LogP contribution is -2.07. The van der Waals surface area contributed by atoms with Gasteiger partial charge in [0, 0.05) is 0 Å². The summed E-state index contributed by atoms with van der Waals surface area (Å²) in [6, 6.07) is 8.97. The van der Waals surface area contributed by atoms with Crippen molar-refractivity contribution in [3.05, 3.63) is 35.4 Å². The highest BCUT2D eigenvalue weighted by Gasteiger charge is 2.13. The van der Waals surface area contributed by atoms with Gasteiger partial charge in [0.15, 0.2) is 0 Å². The number of hydrogen-bond donors (Lipinski definition) is 0. The Bertz CT molecular complexity index is 308. The first kappa shape index (κ1) is 11.7. The molecule has 0 saturated heterocycles. The van der Waals surface area contributed by atoms with E-state index in [1.807, 2.05) is 0 Å². The van der Waals surface area contributed by atoms with Gasteiger partial charge in [-0.25, -0.2) is 0 Å². The summed E-state index contributed by atoms with van der Waals surface area (Å²) in [5, 5.41) is 0. The summed E-state index contributed by atoms with van der Waals surface area (Å²) in [7, 11) is 0.